The molecule has 1 unspecified atom stereocenters. The van der Waals surface area contributed by atoms with Crippen molar-refractivity contribution >= 4 is 11.8 Å². The summed E-state index contributed by atoms with van der Waals surface area (Å²) in [6.45, 7) is 4.11. The SMILES string of the molecule is [CH2]CNC1CCSC1(O)O. The molecule has 3 N–H and O–H groups in total. The Bertz CT molecular complexity index is 118. The summed E-state index contributed by atoms with van der Waals surface area (Å²) in [7, 11) is 0. The van der Waals surface area contributed by atoms with Crippen LogP contribution in [0.4, 0.5) is 0 Å². The lowest BCUT2D eigenvalue weighted by Crippen LogP contribution is -2.44. The van der Waals surface area contributed by atoms with Crippen molar-refractivity contribution in [2.24, 2.45) is 0 Å². The summed E-state index contributed by atoms with van der Waals surface area (Å²) in [5.41, 5.74) is 0. The molecule has 4 heteroatoms. The molecule has 0 spiro atoms. The van der Waals surface area contributed by atoms with Crippen LogP contribution in [0.3, 0.4) is 0 Å². The van der Waals surface area contributed by atoms with E-state index in [0.717, 1.165) is 12.2 Å². The molecular formula is C6H12NO2S. The first kappa shape index (κ1) is 8.33. The second kappa shape index (κ2) is 3.09. The zero-order valence-electron chi connectivity index (χ0n) is 5.71. The van der Waals surface area contributed by atoms with Crippen LogP contribution >= 0.6 is 11.8 Å². The molecular weight excluding hydrogens is 150 g/mol. The van der Waals surface area contributed by atoms with Crippen LogP contribution < -0.4 is 5.32 Å². The van der Waals surface area contributed by atoms with Crippen LogP contribution in [0.5, 0.6) is 0 Å². The first-order valence-corrected chi connectivity index (χ1v) is 4.26. The summed E-state index contributed by atoms with van der Waals surface area (Å²) in [6, 6.07) is -0.213. The van der Waals surface area contributed by atoms with Crippen molar-refractivity contribution < 1.29 is 10.2 Å². The molecule has 1 rings (SSSR count). The summed E-state index contributed by atoms with van der Waals surface area (Å²) in [6.07, 6.45) is 0.799. The fourth-order valence-electron chi connectivity index (χ4n) is 1.02. The summed E-state index contributed by atoms with van der Waals surface area (Å²) in [5, 5.41) is 19.8. The highest BCUT2D eigenvalue weighted by atomic mass is 32.2. The Morgan fingerprint density at radius 3 is 2.80 bits per heavy atom. The van der Waals surface area contributed by atoms with Crippen molar-refractivity contribution in [2.75, 3.05) is 12.3 Å². The maximum atomic E-state index is 9.21. The minimum Gasteiger partial charge on any atom is -0.356 e. The van der Waals surface area contributed by atoms with Gasteiger partial charge in [-0.1, -0.05) is 11.8 Å². The molecule has 1 aliphatic heterocycles. The molecule has 0 bridgehead atoms. The fraction of sp³-hybridized carbons (Fsp3) is 0.833. The van der Waals surface area contributed by atoms with Gasteiger partial charge in [-0.3, -0.25) is 0 Å². The third-order valence-corrected chi connectivity index (χ3v) is 2.71. The number of nitrogens with one attached hydrogen (secondary N) is 1. The molecule has 3 nitrogen and oxygen atoms in total. The molecule has 1 fully saturated rings. The van der Waals surface area contributed by atoms with Crippen LogP contribution in [0.15, 0.2) is 0 Å². The van der Waals surface area contributed by atoms with E-state index in [9.17, 15) is 10.2 Å². The number of rotatable bonds is 2. The second-order valence-electron chi connectivity index (χ2n) is 2.30. The van der Waals surface area contributed by atoms with E-state index in [2.05, 4.69) is 12.2 Å². The first-order valence-electron chi connectivity index (χ1n) is 3.28. The highest BCUT2D eigenvalue weighted by Gasteiger charge is 2.39. The van der Waals surface area contributed by atoms with Gasteiger partial charge in [0.1, 0.15) is 0 Å². The Morgan fingerprint density at radius 2 is 2.40 bits per heavy atom. The molecule has 10 heavy (non-hydrogen) atoms. The Balaban J connectivity index is 2.43. The van der Waals surface area contributed by atoms with Gasteiger partial charge in [0.05, 0.1) is 6.04 Å². The van der Waals surface area contributed by atoms with Gasteiger partial charge in [0.25, 0.3) is 0 Å². The molecule has 0 aromatic heterocycles. The van der Waals surface area contributed by atoms with E-state index in [1.54, 1.807) is 0 Å². The lowest BCUT2D eigenvalue weighted by molar-refractivity contribution is -0.0957. The number of hydrogen-bond acceptors (Lipinski definition) is 4. The van der Waals surface area contributed by atoms with E-state index in [4.69, 9.17) is 0 Å². The zero-order chi connectivity index (χ0) is 7.61. The van der Waals surface area contributed by atoms with Gasteiger partial charge in [0.2, 0.25) is 5.12 Å². The summed E-state index contributed by atoms with van der Waals surface area (Å²) >= 11 is 1.17. The second-order valence-corrected chi connectivity index (χ2v) is 3.60. The van der Waals surface area contributed by atoms with E-state index in [-0.39, 0.29) is 6.04 Å². The minimum atomic E-state index is -1.57. The normalized spacial score (nSPS) is 30.9. The molecule has 0 aromatic carbocycles. The Morgan fingerprint density at radius 1 is 1.70 bits per heavy atom. The maximum Gasteiger partial charge on any atom is 0.229 e. The molecule has 1 aliphatic rings. The molecule has 1 heterocycles. The van der Waals surface area contributed by atoms with Gasteiger partial charge in [-0.05, 0) is 19.9 Å². The van der Waals surface area contributed by atoms with Gasteiger partial charge in [-0.25, -0.2) is 0 Å². The average Bonchev–Trinajstić information content (AvgIpc) is 2.13. The van der Waals surface area contributed by atoms with Crippen molar-refractivity contribution in [1.82, 2.24) is 5.32 Å². The average molecular weight is 162 g/mol. The monoisotopic (exact) mass is 162 g/mol. The lowest BCUT2D eigenvalue weighted by atomic mass is 10.2. The number of thioether (sulfide) groups is 1. The molecule has 0 aromatic rings. The van der Waals surface area contributed by atoms with Gasteiger partial charge in [0, 0.05) is 5.75 Å². The quantitative estimate of drug-likeness (QED) is 0.482. The van der Waals surface area contributed by atoms with Gasteiger partial charge >= 0.3 is 0 Å². The maximum absolute atomic E-state index is 9.21. The highest BCUT2D eigenvalue weighted by Crippen LogP contribution is 2.33. The summed E-state index contributed by atoms with van der Waals surface area (Å²) < 4.78 is 0. The standard InChI is InChI=1S/C6H12NO2S/c1-2-7-5-3-4-10-6(5,8)9/h5,7-9H,1-4H2. The fourth-order valence-corrected chi connectivity index (χ4v) is 2.08. The van der Waals surface area contributed by atoms with E-state index < -0.39 is 5.12 Å². The van der Waals surface area contributed by atoms with Crippen molar-refractivity contribution in [2.45, 2.75) is 17.6 Å². The van der Waals surface area contributed by atoms with Crippen LogP contribution in [0, 0.1) is 6.92 Å². The summed E-state index contributed by atoms with van der Waals surface area (Å²) in [5.74, 6) is 0.796. The Hall–Kier alpha value is 0.230. The molecule has 1 atom stereocenters. The van der Waals surface area contributed by atoms with E-state index in [1.165, 1.54) is 11.8 Å². The predicted octanol–water partition coefficient (Wildman–Crippen LogP) is -0.446. The van der Waals surface area contributed by atoms with Crippen LogP contribution in [-0.2, 0) is 0 Å². The molecule has 59 valence electrons. The Kier molecular flexibility index (Phi) is 2.57. The predicted molar refractivity (Wildman–Crippen MR) is 41.4 cm³/mol. The lowest BCUT2D eigenvalue weighted by Gasteiger charge is -2.22. The molecule has 0 amide bonds. The molecule has 1 radical (unpaired) electrons. The largest absolute Gasteiger partial charge is 0.356 e. The van der Waals surface area contributed by atoms with Crippen LogP contribution in [-0.4, -0.2) is 33.7 Å². The Labute approximate surface area is 64.8 Å². The van der Waals surface area contributed by atoms with E-state index >= 15 is 0 Å². The molecule has 0 aliphatic carbocycles. The van der Waals surface area contributed by atoms with Crippen LogP contribution in [0.1, 0.15) is 6.42 Å². The first-order chi connectivity index (χ1) is 4.67. The van der Waals surface area contributed by atoms with Crippen LogP contribution in [0.25, 0.3) is 0 Å². The van der Waals surface area contributed by atoms with Gasteiger partial charge in [-0.2, -0.15) is 0 Å². The third-order valence-electron chi connectivity index (χ3n) is 1.57. The van der Waals surface area contributed by atoms with E-state index in [0.29, 0.717) is 6.54 Å². The van der Waals surface area contributed by atoms with Gasteiger partial charge in [0.15, 0.2) is 0 Å². The topological polar surface area (TPSA) is 52.5 Å². The summed E-state index contributed by atoms with van der Waals surface area (Å²) in [4.78, 5) is 0. The van der Waals surface area contributed by atoms with Crippen molar-refractivity contribution in [1.29, 1.82) is 0 Å². The van der Waals surface area contributed by atoms with E-state index in [1.807, 2.05) is 0 Å². The smallest absolute Gasteiger partial charge is 0.229 e. The molecule has 1 saturated heterocycles. The minimum absolute atomic E-state index is 0.213. The van der Waals surface area contributed by atoms with Gasteiger partial charge < -0.3 is 15.5 Å². The van der Waals surface area contributed by atoms with Crippen molar-refractivity contribution in [3.05, 3.63) is 6.92 Å². The molecule has 0 saturated carbocycles. The van der Waals surface area contributed by atoms with Crippen molar-refractivity contribution in [3.8, 4) is 0 Å². The van der Waals surface area contributed by atoms with Gasteiger partial charge in [-0.15, -0.1) is 0 Å². The number of hydrogen-bond donors (Lipinski definition) is 3. The highest BCUT2D eigenvalue weighted by molar-refractivity contribution is 8.00. The zero-order valence-corrected chi connectivity index (χ0v) is 6.52. The van der Waals surface area contributed by atoms with Crippen molar-refractivity contribution in [3.63, 3.8) is 0 Å². The third kappa shape index (κ3) is 1.63. The number of aliphatic hydroxyl groups is 2. The van der Waals surface area contributed by atoms with Crippen LogP contribution in [0.2, 0.25) is 0 Å².